The second kappa shape index (κ2) is 10.7. The van der Waals surface area contributed by atoms with E-state index < -0.39 is 5.91 Å². The molecule has 0 aliphatic heterocycles. The Hall–Kier alpha value is -4.24. The Kier molecular flexibility index (Phi) is 7.50. The third-order valence-corrected chi connectivity index (χ3v) is 4.71. The van der Waals surface area contributed by atoms with E-state index in [9.17, 15) is 10.1 Å². The molecule has 0 aliphatic carbocycles. The van der Waals surface area contributed by atoms with Crippen LogP contribution in [0.15, 0.2) is 72.3 Å². The Bertz CT molecular complexity index is 1160. The fourth-order valence-corrected chi connectivity index (χ4v) is 3.05. The van der Waals surface area contributed by atoms with Crippen LogP contribution in [-0.4, -0.2) is 20.1 Å². The fourth-order valence-electron chi connectivity index (χ4n) is 3.05. The van der Waals surface area contributed by atoms with Crippen LogP contribution in [0.25, 0.3) is 6.08 Å². The van der Waals surface area contributed by atoms with Gasteiger partial charge in [0.1, 0.15) is 35.5 Å². The third kappa shape index (κ3) is 5.89. The molecule has 3 aromatic carbocycles. The first-order valence-electron chi connectivity index (χ1n) is 9.96. The van der Waals surface area contributed by atoms with Crippen molar-refractivity contribution in [1.82, 2.24) is 0 Å². The van der Waals surface area contributed by atoms with E-state index in [1.165, 1.54) is 0 Å². The molecule has 0 spiro atoms. The predicted octanol–water partition coefficient (Wildman–Crippen LogP) is 5.14. The van der Waals surface area contributed by atoms with Crippen LogP contribution in [0.4, 0.5) is 5.69 Å². The number of benzene rings is 3. The van der Waals surface area contributed by atoms with E-state index in [1.54, 1.807) is 50.6 Å². The molecule has 1 amide bonds. The molecule has 0 aliphatic rings. The fraction of sp³-hybridized carbons (Fsp3) is 0.154. The Labute approximate surface area is 187 Å². The van der Waals surface area contributed by atoms with Crippen LogP contribution in [0, 0.1) is 18.3 Å². The van der Waals surface area contributed by atoms with Gasteiger partial charge in [-0.1, -0.05) is 24.3 Å². The average molecular weight is 428 g/mol. The lowest BCUT2D eigenvalue weighted by Crippen LogP contribution is -2.13. The minimum Gasteiger partial charge on any atom is -0.497 e. The van der Waals surface area contributed by atoms with Crippen LogP contribution >= 0.6 is 0 Å². The van der Waals surface area contributed by atoms with Crippen molar-refractivity contribution in [2.24, 2.45) is 0 Å². The lowest BCUT2D eigenvalue weighted by atomic mass is 10.1. The summed E-state index contributed by atoms with van der Waals surface area (Å²) < 4.78 is 16.5. The van der Waals surface area contributed by atoms with E-state index in [-0.39, 0.29) is 5.57 Å². The van der Waals surface area contributed by atoms with Crippen molar-refractivity contribution in [2.75, 3.05) is 19.5 Å². The molecule has 0 saturated heterocycles. The van der Waals surface area contributed by atoms with Crippen LogP contribution in [-0.2, 0) is 11.4 Å². The number of carbonyl (C=O) groups excluding carboxylic acids is 1. The lowest BCUT2D eigenvalue weighted by molar-refractivity contribution is -0.112. The van der Waals surface area contributed by atoms with E-state index in [0.717, 1.165) is 16.9 Å². The first-order valence-corrected chi connectivity index (χ1v) is 9.96. The standard InChI is InChI=1S/C26H24N2O4/c1-18-5-4-6-22(13-18)28-26(29)20(16-27)14-19-7-9-23(10-8-19)32-17-21-15-24(30-2)11-12-25(21)31-3/h4-15H,17H2,1-3H3,(H,28,29)/b20-14+. The minimum atomic E-state index is -0.455. The molecule has 0 heterocycles. The lowest BCUT2D eigenvalue weighted by Gasteiger charge is -2.12. The molecule has 3 rings (SSSR count). The van der Waals surface area contributed by atoms with Gasteiger partial charge >= 0.3 is 0 Å². The molecule has 0 radical (unpaired) electrons. The highest BCUT2D eigenvalue weighted by Gasteiger charge is 2.10. The Morgan fingerprint density at radius 3 is 2.41 bits per heavy atom. The SMILES string of the molecule is COc1ccc(OC)c(COc2ccc(/C=C(\C#N)C(=O)Nc3cccc(C)c3)cc2)c1. The number of anilines is 1. The van der Waals surface area contributed by atoms with E-state index in [2.05, 4.69) is 5.32 Å². The molecule has 0 atom stereocenters. The van der Waals surface area contributed by atoms with Crippen LogP contribution < -0.4 is 19.5 Å². The second-order valence-corrected chi connectivity index (χ2v) is 7.03. The summed E-state index contributed by atoms with van der Waals surface area (Å²) in [7, 11) is 3.21. The summed E-state index contributed by atoms with van der Waals surface area (Å²) in [4.78, 5) is 12.4. The average Bonchev–Trinajstić information content (AvgIpc) is 2.81. The van der Waals surface area contributed by atoms with Gasteiger partial charge in [-0.15, -0.1) is 0 Å². The number of ether oxygens (including phenoxy) is 3. The molecule has 6 nitrogen and oxygen atoms in total. The topological polar surface area (TPSA) is 80.6 Å². The van der Waals surface area contributed by atoms with Gasteiger partial charge in [0, 0.05) is 11.3 Å². The smallest absolute Gasteiger partial charge is 0.266 e. The zero-order valence-corrected chi connectivity index (χ0v) is 18.2. The number of aryl methyl sites for hydroxylation is 1. The summed E-state index contributed by atoms with van der Waals surface area (Å²) in [6.07, 6.45) is 1.54. The number of nitrogens with zero attached hydrogens (tertiary/aromatic N) is 1. The van der Waals surface area contributed by atoms with Crippen LogP contribution in [0.1, 0.15) is 16.7 Å². The summed E-state index contributed by atoms with van der Waals surface area (Å²) in [6, 6.07) is 22.0. The van der Waals surface area contributed by atoms with Gasteiger partial charge in [0.2, 0.25) is 0 Å². The normalized spacial score (nSPS) is 10.8. The summed E-state index contributed by atoms with van der Waals surface area (Å²) in [6.45, 7) is 2.24. The number of nitrogens with one attached hydrogen (secondary N) is 1. The zero-order chi connectivity index (χ0) is 22.9. The van der Waals surface area contributed by atoms with Gasteiger partial charge in [0.15, 0.2) is 0 Å². The molecule has 32 heavy (non-hydrogen) atoms. The number of carbonyl (C=O) groups is 1. The quantitative estimate of drug-likeness (QED) is 0.397. The maximum Gasteiger partial charge on any atom is 0.266 e. The highest BCUT2D eigenvalue weighted by atomic mass is 16.5. The molecular weight excluding hydrogens is 404 g/mol. The van der Waals surface area contributed by atoms with Gasteiger partial charge in [0.05, 0.1) is 14.2 Å². The summed E-state index contributed by atoms with van der Waals surface area (Å²) >= 11 is 0. The summed E-state index contributed by atoms with van der Waals surface area (Å²) in [5.74, 6) is 1.62. The number of nitriles is 1. The largest absolute Gasteiger partial charge is 0.497 e. The number of amides is 1. The molecule has 1 N–H and O–H groups in total. The van der Waals surface area contributed by atoms with Crippen molar-refractivity contribution in [3.05, 3.63) is 89.0 Å². The van der Waals surface area contributed by atoms with Crippen molar-refractivity contribution >= 4 is 17.7 Å². The van der Waals surface area contributed by atoms with E-state index in [0.29, 0.717) is 29.4 Å². The summed E-state index contributed by atoms with van der Waals surface area (Å²) in [5, 5.41) is 12.2. The minimum absolute atomic E-state index is 0.0151. The molecule has 0 bridgehead atoms. The van der Waals surface area contributed by atoms with Gasteiger partial charge < -0.3 is 19.5 Å². The molecule has 0 unspecified atom stereocenters. The molecule has 6 heteroatoms. The number of hydrogen-bond acceptors (Lipinski definition) is 5. The second-order valence-electron chi connectivity index (χ2n) is 7.03. The number of hydrogen-bond donors (Lipinski definition) is 1. The van der Waals surface area contributed by atoms with Gasteiger partial charge in [-0.25, -0.2) is 0 Å². The molecule has 162 valence electrons. The number of methoxy groups -OCH3 is 2. The highest BCUT2D eigenvalue weighted by Crippen LogP contribution is 2.26. The first kappa shape index (κ1) is 22.4. The Balaban J connectivity index is 1.67. The first-order chi connectivity index (χ1) is 15.5. The molecular formula is C26H24N2O4. The van der Waals surface area contributed by atoms with Crippen molar-refractivity contribution in [3.63, 3.8) is 0 Å². The number of rotatable bonds is 8. The summed E-state index contributed by atoms with van der Waals surface area (Å²) in [5.41, 5.74) is 3.25. The van der Waals surface area contributed by atoms with E-state index in [1.807, 2.05) is 49.4 Å². The van der Waals surface area contributed by atoms with Crippen molar-refractivity contribution < 1.29 is 19.0 Å². The molecule has 0 fully saturated rings. The van der Waals surface area contributed by atoms with Gasteiger partial charge in [-0.3, -0.25) is 4.79 Å². The van der Waals surface area contributed by atoms with Crippen LogP contribution in [0.2, 0.25) is 0 Å². The third-order valence-electron chi connectivity index (χ3n) is 4.71. The van der Waals surface area contributed by atoms with Gasteiger partial charge in [-0.05, 0) is 66.6 Å². The van der Waals surface area contributed by atoms with Crippen LogP contribution in [0.3, 0.4) is 0 Å². The maximum absolute atomic E-state index is 12.4. The van der Waals surface area contributed by atoms with Crippen molar-refractivity contribution in [1.29, 1.82) is 5.26 Å². The van der Waals surface area contributed by atoms with Crippen LogP contribution in [0.5, 0.6) is 17.2 Å². The zero-order valence-electron chi connectivity index (χ0n) is 18.2. The monoisotopic (exact) mass is 428 g/mol. The molecule has 3 aromatic rings. The van der Waals surface area contributed by atoms with Gasteiger partial charge in [-0.2, -0.15) is 5.26 Å². The van der Waals surface area contributed by atoms with Gasteiger partial charge in [0.25, 0.3) is 5.91 Å². The highest BCUT2D eigenvalue weighted by molar-refractivity contribution is 6.09. The molecule has 0 saturated carbocycles. The van der Waals surface area contributed by atoms with Crippen molar-refractivity contribution in [2.45, 2.75) is 13.5 Å². The molecule has 0 aromatic heterocycles. The Morgan fingerprint density at radius 2 is 1.75 bits per heavy atom. The van der Waals surface area contributed by atoms with E-state index in [4.69, 9.17) is 14.2 Å². The predicted molar refractivity (Wildman–Crippen MR) is 124 cm³/mol. The van der Waals surface area contributed by atoms with E-state index >= 15 is 0 Å². The Morgan fingerprint density at radius 1 is 1.00 bits per heavy atom. The maximum atomic E-state index is 12.4. The van der Waals surface area contributed by atoms with Crippen molar-refractivity contribution in [3.8, 4) is 23.3 Å².